The van der Waals surface area contributed by atoms with Gasteiger partial charge in [-0.3, -0.25) is 4.79 Å². The topological polar surface area (TPSA) is 43.6 Å². The van der Waals surface area contributed by atoms with Crippen molar-refractivity contribution in [1.82, 2.24) is 4.57 Å². The summed E-state index contributed by atoms with van der Waals surface area (Å²) in [5.41, 5.74) is 2.96. The van der Waals surface area contributed by atoms with E-state index < -0.39 is 0 Å². The van der Waals surface area contributed by atoms with E-state index in [1.165, 1.54) is 29.0 Å². The van der Waals surface area contributed by atoms with Gasteiger partial charge in [-0.05, 0) is 49.2 Å². The Labute approximate surface area is 155 Å². The molecule has 0 N–H and O–H groups in total. The van der Waals surface area contributed by atoms with E-state index in [-0.39, 0.29) is 18.1 Å². The predicted molar refractivity (Wildman–Crippen MR) is 102 cm³/mol. The summed E-state index contributed by atoms with van der Waals surface area (Å²) in [6.07, 6.45) is 0.152. The highest BCUT2D eigenvalue weighted by Gasteiger charge is 2.09. The van der Waals surface area contributed by atoms with Gasteiger partial charge in [0.05, 0.1) is 23.2 Å². The Bertz CT molecular complexity index is 974. The van der Waals surface area contributed by atoms with E-state index in [1.54, 1.807) is 12.1 Å². The summed E-state index contributed by atoms with van der Waals surface area (Å²) in [7, 11) is 0. The molecule has 0 radical (unpaired) electrons. The van der Waals surface area contributed by atoms with Gasteiger partial charge in [0.1, 0.15) is 5.82 Å². The number of aryl methyl sites for hydroxylation is 1. The Hall–Kier alpha value is -2.31. The average Bonchev–Trinajstić information content (AvgIpc) is 2.93. The first-order valence-electron chi connectivity index (χ1n) is 8.56. The van der Waals surface area contributed by atoms with Crippen LogP contribution in [0.25, 0.3) is 10.2 Å². The highest BCUT2D eigenvalue weighted by atomic mass is 32.1. The lowest BCUT2D eigenvalue weighted by atomic mass is 10.1. The third kappa shape index (κ3) is 4.45. The zero-order chi connectivity index (χ0) is 18.5. The van der Waals surface area contributed by atoms with E-state index in [0.29, 0.717) is 24.6 Å². The van der Waals surface area contributed by atoms with Crippen LogP contribution in [0.5, 0.6) is 0 Å². The van der Waals surface area contributed by atoms with Gasteiger partial charge in [-0.15, -0.1) is 0 Å². The molecule has 0 bridgehead atoms. The normalized spacial score (nSPS) is 12.0. The van der Waals surface area contributed by atoms with E-state index in [2.05, 4.69) is 23.2 Å². The van der Waals surface area contributed by atoms with Crippen LogP contribution in [-0.2, 0) is 22.5 Å². The fourth-order valence-electron chi connectivity index (χ4n) is 2.71. The molecule has 0 saturated heterocycles. The van der Waals surface area contributed by atoms with E-state index in [9.17, 15) is 9.18 Å². The molecule has 6 heteroatoms. The van der Waals surface area contributed by atoms with Crippen molar-refractivity contribution < 1.29 is 13.9 Å². The number of fused-ring (bicyclic) bond motifs is 1. The molecule has 4 nitrogen and oxygen atoms in total. The van der Waals surface area contributed by atoms with Gasteiger partial charge in [0, 0.05) is 13.2 Å². The second-order valence-electron chi connectivity index (χ2n) is 6.01. The lowest BCUT2D eigenvalue weighted by Gasteiger charge is -2.05. The number of carbonyl (C=O) groups excluding carboxylic acids is 1. The SMILES string of the molecule is CCOCCn1c(=NC(=O)Cc2ccc(F)cc2)sc2cc(C)ccc21. The molecule has 0 unspecified atom stereocenters. The fourth-order valence-corrected chi connectivity index (χ4v) is 3.88. The summed E-state index contributed by atoms with van der Waals surface area (Å²) >= 11 is 1.50. The summed E-state index contributed by atoms with van der Waals surface area (Å²) in [5, 5.41) is 0. The lowest BCUT2D eigenvalue weighted by Crippen LogP contribution is -2.20. The van der Waals surface area contributed by atoms with E-state index in [1.807, 2.05) is 18.4 Å². The molecule has 0 aliphatic heterocycles. The Kier molecular flexibility index (Phi) is 5.96. The Balaban J connectivity index is 1.93. The largest absolute Gasteiger partial charge is 0.380 e. The molecule has 0 saturated carbocycles. The average molecular weight is 372 g/mol. The van der Waals surface area contributed by atoms with Gasteiger partial charge in [0.25, 0.3) is 5.91 Å². The van der Waals surface area contributed by atoms with Crippen molar-refractivity contribution in [3.05, 3.63) is 64.2 Å². The monoisotopic (exact) mass is 372 g/mol. The van der Waals surface area contributed by atoms with Crippen LogP contribution in [0.4, 0.5) is 4.39 Å². The maximum atomic E-state index is 13.0. The quantitative estimate of drug-likeness (QED) is 0.617. The van der Waals surface area contributed by atoms with Crippen LogP contribution >= 0.6 is 11.3 Å². The maximum Gasteiger partial charge on any atom is 0.252 e. The molecule has 136 valence electrons. The number of hydrogen-bond acceptors (Lipinski definition) is 3. The third-order valence-electron chi connectivity index (χ3n) is 3.99. The fraction of sp³-hybridized carbons (Fsp3) is 0.300. The first-order valence-corrected chi connectivity index (χ1v) is 9.38. The first kappa shape index (κ1) is 18.5. The number of nitrogens with zero attached hydrogens (tertiary/aromatic N) is 2. The van der Waals surface area contributed by atoms with Crippen LogP contribution in [-0.4, -0.2) is 23.7 Å². The molecule has 0 atom stereocenters. The highest BCUT2D eigenvalue weighted by Crippen LogP contribution is 2.19. The van der Waals surface area contributed by atoms with Gasteiger partial charge in [-0.2, -0.15) is 4.99 Å². The third-order valence-corrected chi connectivity index (χ3v) is 5.03. The van der Waals surface area contributed by atoms with Gasteiger partial charge in [0.2, 0.25) is 0 Å². The second kappa shape index (κ2) is 8.38. The molecule has 3 aromatic rings. The summed E-state index contributed by atoms with van der Waals surface area (Å²) in [5.74, 6) is -0.558. The van der Waals surface area contributed by atoms with Crippen molar-refractivity contribution in [3.8, 4) is 0 Å². The summed E-state index contributed by atoms with van der Waals surface area (Å²) < 4.78 is 21.6. The number of ether oxygens (including phenoxy) is 1. The van der Waals surface area contributed by atoms with Gasteiger partial charge in [-0.1, -0.05) is 29.5 Å². The Morgan fingerprint density at radius 2 is 2.00 bits per heavy atom. The maximum absolute atomic E-state index is 13.0. The molecule has 0 spiro atoms. The zero-order valence-corrected chi connectivity index (χ0v) is 15.7. The molecule has 2 aromatic carbocycles. The second-order valence-corrected chi connectivity index (χ2v) is 7.02. The predicted octanol–water partition coefficient (Wildman–Crippen LogP) is 3.86. The first-order chi connectivity index (χ1) is 12.6. The minimum Gasteiger partial charge on any atom is -0.380 e. The van der Waals surface area contributed by atoms with Gasteiger partial charge in [0.15, 0.2) is 4.80 Å². The van der Waals surface area contributed by atoms with Crippen LogP contribution in [0.3, 0.4) is 0 Å². The number of benzene rings is 2. The van der Waals surface area contributed by atoms with Crippen molar-refractivity contribution in [3.63, 3.8) is 0 Å². The van der Waals surface area contributed by atoms with Crippen LogP contribution in [0.15, 0.2) is 47.5 Å². The van der Waals surface area contributed by atoms with Crippen molar-refractivity contribution in [2.24, 2.45) is 4.99 Å². The van der Waals surface area contributed by atoms with Gasteiger partial charge < -0.3 is 9.30 Å². The minimum atomic E-state index is -0.313. The van der Waals surface area contributed by atoms with Crippen LogP contribution < -0.4 is 4.80 Å². The molecule has 0 fully saturated rings. The number of halogens is 1. The molecular weight excluding hydrogens is 351 g/mol. The highest BCUT2D eigenvalue weighted by molar-refractivity contribution is 7.16. The van der Waals surface area contributed by atoms with Crippen LogP contribution in [0, 0.1) is 12.7 Å². The van der Waals surface area contributed by atoms with Gasteiger partial charge in [-0.25, -0.2) is 4.39 Å². The molecule has 0 aliphatic rings. The van der Waals surface area contributed by atoms with Crippen molar-refractivity contribution >= 4 is 27.5 Å². The number of hydrogen-bond donors (Lipinski definition) is 0. The van der Waals surface area contributed by atoms with Crippen LogP contribution in [0.2, 0.25) is 0 Å². The number of carbonyl (C=O) groups is 1. The number of aromatic nitrogens is 1. The van der Waals surface area contributed by atoms with Crippen LogP contribution in [0.1, 0.15) is 18.1 Å². The van der Waals surface area contributed by atoms with E-state index >= 15 is 0 Å². The minimum absolute atomic E-state index is 0.152. The molecule has 1 amide bonds. The van der Waals surface area contributed by atoms with E-state index in [4.69, 9.17) is 4.74 Å². The Morgan fingerprint density at radius 3 is 2.73 bits per heavy atom. The summed E-state index contributed by atoms with van der Waals surface area (Å²) in [4.78, 5) is 17.4. The summed E-state index contributed by atoms with van der Waals surface area (Å²) in [6, 6.07) is 12.1. The van der Waals surface area contributed by atoms with Crippen molar-refractivity contribution in [2.45, 2.75) is 26.8 Å². The molecule has 3 rings (SSSR count). The Morgan fingerprint density at radius 1 is 1.23 bits per heavy atom. The number of thiazole rings is 1. The molecule has 1 aromatic heterocycles. The smallest absolute Gasteiger partial charge is 0.252 e. The molecular formula is C20H21FN2O2S. The van der Waals surface area contributed by atoms with E-state index in [0.717, 1.165) is 15.8 Å². The molecule has 26 heavy (non-hydrogen) atoms. The molecule has 1 heterocycles. The number of rotatable bonds is 6. The zero-order valence-electron chi connectivity index (χ0n) is 14.9. The lowest BCUT2D eigenvalue weighted by molar-refractivity contribution is -0.117. The standard InChI is InChI=1S/C20H21FN2O2S/c1-3-25-11-10-23-17-9-4-14(2)12-18(17)26-20(23)22-19(24)13-15-5-7-16(21)8-6-15/h4-9,12H,3,10-11,13H2,1-2H3. The molecule has 0 aliphatic carbocycles. The van der Waals surface area contributed by atoms with Gasteiger partial charge >= 0.3 is 0 Å². The summed E-state index contributed by atoms with van der Waals surface area (Å²) in [6.45, 7) is 5.85. The van der Waals surface area contributed by atoms with Crippen molar-refractivity contribution in [1.29, 1.82) is 0 Å². The number of amides is 1. The van der Waals surface area contributed by atoms with Crippen molar-refractivity contribution in [2.75, 3.05) is 13.2 Å².